The molecule has 1 aliphatic carbocycles. The molecular weight excluding hydrogens is 184 g/mol. The fourth-order valence-electron chi connectivity index (χ4n) is 1.31. The van der Waals surface area contributed by atoms with Crippen LogP contribution in [0.15, 0.2) is 24.0 Å². The smallest absolute Gasteiger partial charge is 0.323 e. The van der Waals surface area contributed by atoms with E-state index in [-0.39, 0.29) is 5.78 Å². The topological polar surface area (TPSA) is 52.6 Å². The Kier molecular flexibility index (Phi) is 2.74. The van der Waals surface area contributed by atoms with E-state index < -0.39 is 11.4 Å². The van der Waals surface area contributed by atoms with Crippen molar-refractivity contribution in [2.75, 3.05) is 14.2 Å². The molecule has 0 amide bonds. The van der Waals surface area contributed by atoms with Gasteiger partial charge in [-0.1, -0.05) is 6.08 Å². The first-order chi connectivity index (χ1) is 6.54. The minimum atomic E-state index is -0.989. The zero-order valence-electron chi connectivity index (χ0n) is 8.37. The molecule has 76 valence electrons. The number of hydrogen-bond donors (Lipinski definition) is 0. The van der Waals surface area contributed by atoms with Gasteiger partial charge in [-0.05, 0) is 13.0 Å². The lowest BCUT2D eigenvalue weighted by Gasteiger charge is -2.26. The lowest BCUT2D eigenvalue weighted by atomic mass is 9.84. The van der Waals surface area contributed by atoms with Crippen LogP contribution in [-0.4, -0.2) is 26.0 Å². The number of carbonyl (C=O) groups is 2. The van der Waals surface area contributed by atoms with Gasteiger partial charge in [0.25, 0.3) is 0 Å². The third kappa shape index (κ3) is 1.55. The molecule has 0 fully saturated rings. The van der Waals surface area contributed by atoms with E-state index in [0.717, 1.165) is 0 Å². The Morgan fingerprint density at radius 2 is 2.07 bits per heavy atom. The maximum atomic E-state index is 11.5. The fourth-order valence-corrected chi connectivity index (χ4v) is 1.31. The summed E-state index contributed by atoms with van der Waals surface area (Å²) in [6, 6.07) is 0. The Bertz CT molecular complexity index is 327. The summed E-state index contributed by atoms with van der Waals surface area (Å²) < 4.78 is 9.63. The van der Waals surface area contributed by atoms with Crippen molar-refractivity contribution in [1.82, 2.24) is 0 Å². The molecule has 0 radical (unpaired) electrons. The number of ketones is 1. The zero-order chi connectivity index (χ0) is 10.8. The molecule has 0 saturated carbocycles. The van der Waals surface area contributed by atoms with Gasteiger partial charge in [-0.15, -0.1) is 0 Å². The van der Waals surface area contributed by atoms with Crippen LogP contribution in [0.1, 0.15) is 6.92 Å². The first-order valence-corrected chi connectivity index (χ1v) is 4.12. The number of hydrogen-bond acceptors (Lipinski definition) is 4. The molecule has 14 heavy (non-hydrogen) atoms. The second-order valence-corrected chi connectivity index (χ2v) is 3.14. The summed E-state index contributed by atoms with van der Waals surface area (Å²) in [5, 5.41) is 0. The van der Waals surface area contributed by atoms with Crippen LogP contribution in [0.4, 0.5) is 0 Å². The summed E-state index contributed by atoms with van der Waals surface area (Å²) in [6.07, 6.45) is 4.11. The predicted octanol–water partition coefficient (Wildman–Crippen LogP) is 0.835. The van der Waals surface area contributed by atoms with Gasteiger partial charge in [0.15, 0.2) is 5.78 Å². The van der Waals surface area contributed by atoms with Gasteiger partial charge in [0.1, 0.15) is 11.2 Å². The summed E-state index contributed by atoms with van der Waals surface area (Å²) in [5.41, 5.74) is -0.989. The number of methoxy groups -OCH3 is 2. The molecule has 0 N–H and O–H groups in total. The van der Waals surface area contributed by atoms with Gasteiger partial charge >= 0.3 is 5.97 Å². The van der Waals surface area contributed by atoms with Crippen LogP contribution in [0.2, 0.25) is 0 Å². The van der Waals surface area contributed by atoms with Crippen LogP contribution in [0.3, 0.4) is 0 Å². The molecule has 4 heteroatoms. The van der Waals surface area contributed by atoms with E-state index in [0.29, 0.717) is 5.76 Å². The molecule has 0 aromatic carbocycles. The maximum Gasteiger partial charge on any atom is 0.323 e. The second-order valence-electron chi connectivity index (χ2n) is 3.14. The molecule has 0 aliphatic heterocycles. The van der Waals surface area contributed by atoms with Crippen LogP contribution in [0.25, 0.3) is 0 Å². The average molecular weight is 196 g/mol. The van der Waals surface area contributed by atoms with Crippen LogP contribution >= 0.6 is 0 Å². The zero-order valence-corrected chi connectivity index (χ0v) is 8.37. The molecule has 1 atom stereocenters. The van der Waals surface area contributed by atoms with Crippen molar-refractivity contribution >= 4 is 11.8 Å². The van der Waals surface area contributed by atoms with Crippen molar-refractivity contribution in [3.8, 4) is 0 Å². The standard InChI is InChI=1S/C10H12O4/c1-10(9(12)14-3)5-4-7(11)6-8(10)13-2/h4-6H,1-3H3/t10-/m0/s1. The molecule has 4 nitrogen and oxygen atoms in total. The highest BCUT2D eigenvalue weighted by Crippen LogP contribution is 2.33. The summed E-state index contributed by atoms with van der Waals surface area (Å²) in [5.74, 6) is -0.338. The number of rotatable bonds is 2. The number of carbonyl (C=O) groups excluding carboxylic acids is 2. The van der Waals surface area contributed by atoms with E-state index in [1.54, 1.807) is 6.92 Å². The van der Waals surface area contributed by atoms with Crippen LogP contribution in [0.5, 0.6) is 0 Å². The quantitative estimate of drug-likeness (QED) is 0.614. The summed E-state index contributed by atoms with van der Waals surface area (Å²) in [7, 11) is 2.71. The Hall–Kier alpha value is -1.58. The molecular formula is C10H12O4. The van der Waals surface area contributed by atoms with Gasteiger partial charge in [0, 0.05) is 6.08 Å². The van der Waals surface area contributed by atoms with Crippen LogP contribution in [0, 0.1) is 5.41 Å². The van der Waals surface area contributed by atoms with Crippen molar-refractivity contribution in [2.24, 2.45) is 5.41 Å². The predicted molar refractivity (Wildman–Crippen MR) is 49.4 cm³/mol. The third-order valence-corrected chi connectivity index (χ3v) is 2.20. The summed E-state index contributed by atoms with van der Waals surface area (Å²) in [6.45, 7) is 1.64. The van der Waals surface area contributed by atoms with Crippen molar-refractivity contribution in [1.29, 1.82) is 0 Å². The van der Waals surface area contributed by atoms with Gasteiger partial charge in [-0.3, -0.25) is 9.59 Å². The minimum absolute atomic E-state index is 0.191. The highest BCUT2D eigenvalue weighted by molar-refractivity contribution is 6.03. The van der Waals surface area contributed by atoms with Gasteiger partial charge in [0.05, 0.1) is 14.2 Å². The van der Waals surface area contributed by atoms with E-state index in [4.69, 9.17) is 4.74 Å². The molecule has 0 bridgehead atoms. The molecule has 1 rings (SSSR count). The average Bonchev–Trinajstić information content (AvgIpc) is 2.20. The molecule has 0 unspecified atom stereocenters. The molecule has 0 spiro atoms. The highest BCUT2D eigenvalue weighted by Gasteiger charge is 2.39. The van der Waals surface area contributed by atoms with Crippen molar-refractivity contribution in [3.63, 3.8) is 0 Å². The number of allylic oxidation sites excluding steroid dienone is 2. The van der Waals surface area contributed by atoms with E-state index in [1.807, 2.05) is 0 Å². The third-order valence-electron chi connectivity index (χ3n) is 2.20. The van der Waals surface area contributed by atoms with Crippen LogP contribution < -0.4 is 0 Å². The van der Waals surface area contributed by atoms with Gasteiger partial charge in [-0.2, -0.15) is 0 Å². The van der Waals surface area contributed by atoms with Gasteiger partial charge in [0.2, 0.25) is 0 Å². The van der Waals surface area contributed by atoms with Gasteiger partial charge < -0.3 is 9.47 Å². The fraction of sp³-hybridized carbons (Fsp3) is 0.400. The first-order valence-electron chi connectivity index (χ1n) is 4.12. The Morgan fingerprint density at radius 1 is 1.43 bits per heavy atom. The van der Waals surface area contributed by atoms with Crippen LogP contribution in [-0.2, 0) is 19.1 Å². The Balaban J connectivity index is 3.09. The molecule has 0 aromatic rings. The minimum Gasteiger partial charge on any atom is -0.499 e. The van der Waals surface area contributed by atoms with E-state index in [9.17, 15) is 9.59 Å². The largest absolute Gasteiger partial charge is 0.499 e. The molecule has 0 saturated heterocycles. The first kappa shape index (κ1) is 10.5. The SMILES string of the molecule is COC(=O)[C@@]1(C)C=CC(=O)C=C1OC. The van der Waals surface area contributed by atoms with Crippen molar-refractivity contribution < 1.29 is 19.1 Å². The molecule has 0 heterocycles. The lowest BCUT2D eigenvalue weighted by Crippen LogP contribution is -2.32. The normalized spacial score (nSPS) is 25.6. The van der Waals surface area contributed by atoms with E-state index in [2.05, 4.69) is 4.74 Å². The molecule has 0 aromatic heterocycles. The summed E-state index contributed by atoms with van der Waals surface area (Å²) >= 11 is 0. The van der Waals surface area contributed by atoms with Crippen molar-refractivity contribution in [3.05, 3.63) is 24.0 Å². The van der Waals surface area contributed by atoms with Gasteiger partial charge in [-0.25, -0.2) is 0 Å². The molecule has 1 aliphatic rings. The maximum absolute atomic E-state index is 11.5. The monoisotopic (exact) mass is 196 g/mol. The Labute approximate surface area is 82.2 Å². The second kappa shape index (κ2) is 3.65. The van der Waals surface area contributed by atoms with E-state index >= 15 is 0 Å². The Morgan fingerprint density at radius 3 is 2.57 bits per heavy atom. The van der Waals surface area contributed by atoms with E-state index in [1.165, 1.54) is 32.4 Å². The lowest BCUT2D eigenvalue weighted by molar-refractivity contribution is -0.148. The van der Waals surface area contributed by atoms with Crippen molar-refractivity contribution in [2.45, 2.75) is 6.92 Å². The summed E-state index contributed by atoms with van der Waals surface area (Å²) in [4.78, 5) is 22.5. The highest BCUT2D eigenvalue weighted by atomic mass is 16.5. The number of ether oxygens (including phenoxy) is 2. The number of esters is 1.